The van der Waals surface area contributed by atoms with Crippen LogP contribution in [0.15, 0.2) is 24.3 Å². The second kappa shape index (κ2) is 8.29. The van der Waals surface area contributed by atoms with Gasteiger partial charge in [0.25, 0.3) is 0 Å². The molecule has 2 unspecified atom stereocenters. The standard InChI is InChI=1S/C20H27F3N2O3/c1-14-11-25(12-15(2)28-14)18(26)24-13-19(6-8-27-9-7-19)16-4-3-5-17(10-16)20(21,22)23/h3-5,10,14-15H,6-9,11-13H2,1-2H3,(H,24,26). The van der Waals surface area contributed by atoms with Crippen LogP contribution in [0.25, 0.3) is 0 Å². The summed E-state index contributed by atoms with van der Waals surface area (Å²) in [7, 11) is 0. The number of morpholine rings is 1. The van der Waals surface area contributed by atoms with E-state index in [-0.39, 0.29) is 24.8 Å². The summed E-state index contributed by atoms with van der Waals surface area (Å²) in [4.78, 5) is 14.4. The zero-order chi connectivity index (χ0) is 20.4. The zero-order valence-corrected chi connectivity index (χ0v) is 16.2. The number of halogens is 3. The maximum atomic E-state index is 13.2. The Morgan fingerprint density at radius 2 is 1.86 bits per heavy atom. The third kappa shape index (κ3) is 4.78. The van der Waals surface area contributed by atoms with E-state index >= 15 is 0 Å². The van der Waals surface area contributed by atoms with E-state index in [1.165, 1.54) is 12.1 Å². The van der Waals surface area contributed by atoms with Gasteiger partial charge in [0, 0.05) is 38.3 Å². The van der Waals surface area contributed by atoms with Crippen molar-refractivity contribution in [2.75, 3.05) is 32.8 Å². The Kier molecular flexibility index (Phi) is 6.19. The van der Waals surface area contributed by atoms with Crippen LogP contribution in [0, 0.1) is 0 Å². The lowest BCUT2D eigenvalue weighted by Crippen LogP contribution is -2.54. The lowest BCUT2D eigenvalue weighted by Gasteiger charge is -2.40. The third-order valence-corrected chi connectivity index (χ3v) is 5.54. The van der Waals surface area contributed by atoms with Gasteiger partial charge in [-0.15, -0.1) is 0 Å². The van der Waals surface area contributed by atoms with Gasteiger partial charge < -0.3 is 19.7 Å². The van der Waals surface area contributed by atoms with Crippen molar-refractivity contribution in [1.29, 1.82) is 0 Å². The highest BCUT2D eigenvalue weighted by molar-refractivity contribution is 5.74. The van der Waals surface area contributed by atoms with Gasteiger partial charge >= 0.3 is 12.2 Å². The van der Waals surface area contributed by atoms with E-state index in [1.54, 1.807) is 11.0 Å². The minimum atomic E-state index is -4.40. The second-order valence-electron chi connectivity index (χ2n) is 7.79. The largest absolute Gasteiger partial charge is 0.416 e. The van der Waals surface area contributed by atoms with Crippen LogP contribution in [0.2, 0.25) is 0 Å². The molecule has 2 saturated heterocycles. The van der Waals surface area contributed by atoms with Crippen LogP contribution in [0.3, 0.4) is 0 Å². The van der Waals surface area contributed by atoms with Gasteiger partial charge in [-0.3, -0.25) is 0 Å². The van der Waals surface area contributed by atoms with Gasteiger partial charge in [0.05, 0.1) is 17.8 Å². The molecule has 0 aliphatic carbocycles. The molecule has 2 atom stereocenters. The molecule has 0 aromatic heterocycles. The van der Waals surface area contributed by atoms with E-state index in [0.29, 0.717) is 44.7 Å². The molecule has 5 nitrogen and oxygen atoms in total. The lowest BCUT2D eigenvalue weighted by molar-refractivity contribution is -0.137. The summed E-state index contributed by atoms with van der Waals surface area (Å²) in [6, 6.07) is 5.22. The van der Waals surface area contributed by atoms with Crippen molar-refractivity contribution >= 4 is 6.03 Å². The normalized spacial score (nSPS) is 25.4. The number of carbonyl (C=O) groups is 1. The Morgan fingerprint density at radius 1 is 1.21 bits per heavy atom. The van der Waals surface area contributed by atoms with Crippen molar-refractivity contribution in [3.05, 3.63) is 35.4 Å². The Morgan fingerprint density at radius 3 is 2.46 bits per heavy atom. The highest BCUT2D eigenvalue weighted by Gasteiger charge is 2.38. The van der Waals surface area contributed by atoms with Crippen LogP contribution in [0.1, 0.15) is 37.8 Å². The Labute approximate surface area is 163 Å². The highest BCUT2D eigenvalue weighted by Crippen LogP contribution is 2.37. The van der Waals surface area contributed by atoms with Crippen molar-refractivity contribution in [2.45, 2.75) is 50.5 Å². The first kappa shape index (κ1) is 20.9. The maximum Gasteiger partial charge on any atom is 0.416 e. The fraction of sp³-hybridized carbons (Fsp3) is 0.650. The topological polar surface area (TPSA) is 50.8 Å². The molecule has 2 aliphatic heterocycles. The molecule has 0 saturated carbocycles. The summed E-state index contributed by atoms with van der Waals surface area (Å²) in [5, 5.41) is 2.96. The quantitative estimate of drug-likeness (QED) is 0.844. The number of nitrogens with zero attached hydrogens (tertiary/aromatic N) is 1. The number of amides is 2. The average Bonchev–Trinajstić information content (AvgIpc) is 2.65. The number of ether oxygens (including phenoxy) is 2. The molecule has 2 fully saturated rings. The zero-order valence-electron chi connectivity index (χ0n) is 16.2. The number of hydrogen-bond acceptors (Lipinski definition) is 3. The van der Waals surface area contributed by atoms with Crippen LogP contribution >= 0.6 is 0 Å². The molecule has 1 aromatic rings. The minimum absolute atomic E-state index is 0.0463. The van der Waals surface area contributed by atoms with E-state index < -0.39 is 17.2 Å². The predicted molar refractivity (Wildman–Crippen MR) is 98.2 cm³/mol. The highest BCUT2D eigenvalue weighted by atomic mass is 19.4. The summed E-state index contributed by atoms with van der Waals surface area (Å²) < 4.78 is 50.6. The molecule has 28 heavy (non-hydrogen) atoms. The molecule has 1 N–H and O–H groups in total. The van der Waals surface area contributed by atoms with Gasteiger partial charge in [0.2, 0.25) is 0 Å². The van der Waals surface area contributed by atoms with E-state index in [2.05, 4.69) is 5.32 Å². The smallest absolute Gasteiger partial charge is 0.381 e. The molecule has 3 rings (SSSR count). The van der Waals surface area contributed by atoms with Crippen LogP contribution in [-0.2, 0) is 21.1 Å². The number of urea groups is 1. The van der Waals surface area contributed by atoms with Crippen molar-refractivity contribution in [1.82, 2.24) is 10.2 Å². The van der Waals surface area contributed by atoms with Crippen molar-refractivity contribution in [2.24, 2.45) is 0 Å². The Bertz CT molecular complexity index is 680. The third-order valence-electron chi connectivity index (χ3n) is 5.54. The SMILES string of the molecule is CC1CN(C(=O)NCC2(c3cccc(C(F)(F)F)c3)CCOCC2)CC(C)O1. The average molecular weight is 400 g/mol. The van der Waals surface area contributed by atoms with Crippen LogP contribution in [-0.4, -0.2) is 56.0 Å². The van der Waals surface area contributed by atoms with Gasteiger partial charge in [-0.2, -0.15) is 13.2 Å². The van der Waals surface area contributed by atoms with Crippen molar-refractivity contribution in [3.63, 3.8) is 0 Å². The maximum absolute atomic E-state index is 13.2. The minimum Gasteiger partial charge on any atom is -0.381 e. The van der Waals surface area contributed by atoms with Gasteiger partial charge in [0.1, 0.15) is 0 Å². The molecule has 0 radical (unpaired) electrons. The first-order chi connectivity index (χ1) is 13.2. The number of benzene rings is 1. The molecule has 2 amide bonds. The second-order valence-corrected chi connectivity index (χ2v) is 7.79. The Balaban J connectivity index is 1.76. The van der Waals surface area contributed by atoms with Gasteiger partial charge in [-0.1, -0.05) is 18.2 Å². The van der Waals surface area contributed by atoms with E-state index in [1.807, 2.05) is 13.8 Å². The molecule has 8 heteroatoms. The molecular weight excluding hydrogens is 373 g/mol. The fourth-order valence-electron chi connectivity index (χ4n) is 4.06. The molecule has 0 spiro atoms. The number of alkyl halides is 3. The van der Waals surface area contributed by atoms with Crippen molar-refractivity contribution in [3.8, 4) is 0 Å². The van der Waals surface area contributed by atoms with Crippen LogP contribution < -0.4 is 5.32 Å². The number of nitrogens with one attached hydrogen (secondary N) is 1. The van der Waals surface area contributed by atoms with E-state index in [9.17, 15) is 18.0 Å². The van der Waals surface area contributed by atoms with Crippen LogP contribution in [0.5, 0.6) is 0 Å². The Hall–Kier alpha value is -1.80. The summed E-state index contributed by atoms with van der Waals surface area (Å²) in [5.74, 6) is 0. The lowest BCUT2D eigenvalue weighted by atomic mass is 9.73. The summed E-state index contributed by atoms with van der Waals surface area (Å²) in [6.45, 7) is 6.01. The van der Waals surface area contributed by atoms with E-state index in [0.717, 1.165) is 6.07 Å². The molecule has 1 aromatic carbocycles. The molecule has 2 aliphatic rings. The van der Waals surface area contributed by atoms with E-state index in [4.69, 9.17) is 9.47 Å². The number of carbonyl (C=O) groups excluding carboxylic acids is 1. The summed E-state index contributed by atoms with van der Waals surface area (Å²) in [5.41, 5.74) is -0.647. The first-order valence-electron chi connectivity index (χ1n) is 9.63. The summed E-state index contributed by atoms with van der Waals surface area (Å²) >= 11 is 0. The predicted octanol–water partition coefficient (Wildman–Crippen LogP) is 3.57. The van der Waals surface area contributed by atoms with Crippen molar-refractivity contribution < 1.29 is 27.4 Å². The number of hydrogen-bond donors (Lipinski definition) is 1. The first-order valence-corrected chi connectivity index (χ1v) is 9.63. The van der Waals surface area contributed by atoms with Crippen LogP contribution in [0.4, 0.5) is 18.0 Å². The fourth-order valence-corrected chi connectivity index (χ4v) is 4.06. The molecule has 156 valence electrons. The van der Waals surface area contributed by atoms with Gasteiger partial charge in [0.15, 0.2) is 0 Å². The number of rotatable bonds is 3. The summed E-state index contributed by atoms with van der Waals surface area (Å²) in [6.07, 6.45) is -3.37. The van der Waals surface area contributed by atoms with Gasteiger partial charge in [-0.05, 0) is 38.3 Å². The monoisotopic (exact) mass is 400 g/mol. The molecule has 2 heterocycles. The molecular formula is C20H27F3N2O3. The molecule has 0 bridgehead atoms. The van der Waals surface area contributed by atoms with Gasteiger partial charge in [-0.25, -0.2) is 4.79 Å².